The molecule has 0 saturated carbocycles. The van der Waals surface area contributed by atoms with Gasteiger partial charge in [0, 0.05) is 26.1 Å². The maximum Gasteiger partial charge on any atom is 0.155 e. The Bertz CT molecular complexity index is 1100. The number of aldehydes is 1. The molecule has 3 unspecified atom stereocenters. The number of aliphatic hydroxyl groups is 1. The highest BCUT2D eigenvalue weighted by atomic mass is 16.5. The fourth-order valence-corrected chi connectivity index (χ4v) is 5.91. The zero-order chi connectivity index (χ0) is 34.8. The molecule has 2 rings (SSSR count). The number of hydrogen-bond acceptors (Lipinski definition) is 6. The van der Waals surface area contributed by atoms with Gasteiger partial charge >= 0.3 is 0 Å². The molecule has 2 aromatic carbocycles. The third kappa shape index (κ3) is 16.6. The standard InChI is InChI=1S/C38H58O5.C3H4O/c1-6-9-11-12-14-28-38(27-13-10-7-2,32-18-15-31(16-19-32)17-22-35(40)29-41-4)33-20-24-36(25-21-33)43-30-37(42-5)26-23-34(39)8-3;1-2-3-4/h8,15-16,18-21,24-25,35,37,40H,3,6-7,9-14,17,22-23,26-30H2,1-2,4-5H3;2-3H,1H2. The summed E-state index contributed by atoms with van der Waals surface area (Å²) in [6.45, 7) is 12.0. The summed E-state index contributed by atoms with van der Waals surface area (Å²) in [5, 5.41) is 10.1. The predicted octanol–water partition coefficient (Wildman–Crippen LogP) is 9.15. The Labute approximate surface area is 285 Å². The minimum absolute atomic E-state index is 0.0252. The Balaban J connectivity index is 0.00000260. The van der Waals surface area contributed by atoms with Gasteiger partial charge in [0.1, 0.15) is 18.6 Å². The summed E-state index contributed by atoms with van der Waals surface area (Å²) >= 11 is 0. The van der Waals surface area contributed by atoms with Crippen LogP contribution in [0.3, 0.4) is 0 Å². The number of aliphatic hydroxyl groups excluding tert-OH is 1. The third-order valence-electron chi connectivity index (χ3n) is 8.76. The molecule has 0 aromatic heterocycles. The van der Waals surface area contributed by atoms with Gasteiger partial charge < -0.3 is 19.3 Å². The van der Waals surface area contributed by atoms with Crippen LogP contribution in [0.2, 0.25) is 0 Å². The maximum atomic E-state index is 11.6. The molecule has 47 heavy (non-hydrogen) atoms. The van der Waals surface area contributed by atoms with E-state index in [0.717, 1.165) is 25.0 Å². The second-order valence-corrected chi connectivity index (χ2v) is 12.3. The van der Waals surface area contributed by atoms with Gasteiger partial charge in [-0.3, -0.25) is 9.59 Å². The minimum Gasteiger partial charge on any atom is -0.491 e. The second-order valence-electron chi connectivity index (χ2n) is 12.3. The van der Waals surface area contributed by atoms with E-state index < -0.39 is 6.10 Å². The van der Waals surface area contributed by atoms with Gasteiger partial charge in [0.25, 0.3) is 0 Å². The quantitative estimate of drug-likeness (QED) is 0.0621. The largest absolute Gasteiger partial charge is 0.491 e. The lowest BCUT2D eigenvalue weighted by Crippen LogP contribution is -2.28. The summed E-state index contributed by atoms with van der Waals surface area (Å²) in [5.74, 6) is 0.841. The Kier molecular flexibility index (Phi) is 23.2. The van der Waals surface area contributed by atoms with Crippen LogP contribution in [0.15, 0.2) is 73.8 Å². The maximum absolute atomic E-state index is 11.6. The highest BCUT2D eigenvalue weighted by Crippen LogP contribution is 2.43. The molecule has 0 aliphatic carbocycles. The van der Waals surface area contributed by atoms with E-state index in [-0.39, 0.29) is 17.3 Å². The first-order valence-corrected chi connectivity index (χ1v) is 17.6. The van der Waals surface area contributed by atoms with Crippen molar-refractivity contribution in [3.8, 4) is 5.75 Å². The number of carbonyl (C=O) groups is 2. The van der Waals surface area contributed by atoms with E-state index in [0.29, 0.717) is 38.8 Å². The highest BCUT2D eigenvalue weighted by Gasteiger charge is 2.33. The van der Waals surface area contributed by atoms with Gasteiger partial charge in [0.15, 0.2) is 5.78 Å². The Morgan fingerprint density at radius 3 is 1.91 bits per heavy atom. The molecule has 262 valence electrons. The van der Waals surface area contributed by atoms with E-state index in [1.165, 1.54) is 80.2 Å². The number of unbranched alkanes of at least 4 members (excludes halogenated alkanes) is 6. The number of ether oxygens (including phenoxy) is 3. The fraction of sp³-hybridized carbons (Fsp3) is 0.561. The lowest BCUT2D eigenvalue weighted by atomic mass is 9.67. The monoisotopic (exact) mass is 650 g/mol. The summed E-state index contributed by atoms with van der Waals surface area (Å²) in [4.78, 5) is 20.7. The van der Waals surface area contributed by atoms with E-state index in [9.17, 15) is 9.90 Å². The van der Waals surface area contributed by atoms with Crippen LogP contribution in [0.1, 0.15) is 114 Å². The molecular weight excluding hydrogens is 588 g/mol. The summed E-state index contributed by atoms with van der Waals surface area (Å²) < 4.78 is 16.8. The fourth-order valence-electron chi connectivity index (χ4n) is 5.91. The van der Waals surface area contributed by atoms with Crippen molar-refractivity contribution in [2.45, 2.75) is 121 Å². The molecule has 0 radical (unpaired) electrons. The molecule has 0 saturated heterocycles. The molecule has 0 aliphatic rings. The Morgan fingerprint density at radius 2 is 1.38 bits per heavy atom. The van der Waals surface area contributed by atoms with Crippen LogP contribution in [0.5, 0.6) is 5.75 Å². The number of methoxy groups -OCH3 is 2. The van der Waals surface area contributed by atoms with Crippen molar-refractivity contribution >= 4 is 12.1 Å². The van der Waals surface area contributed by atoms with Crippen LogP contribution in [0, 0.1) is 0 Å². The van der Waals surface area contributed by atoms with Gasteiger partial charge in [-0.25, -0.2) is 0 Å². The van der Waals surface area contributed by atoms with Crippen molar-refractivity contribution in [2.24, 2.45) is 0 Å². The van der Waals surface area contributed by atoms with E-state index in [2.05, 4.69) is 75.5 Å². The van der Waals surface area contributed by atoms with Crippen molar-refractivity contribution in [1.82, 2.24) is 0 Å². The van der Waals surface area contributed by atoms with E-state index >= 15 is 0 Å². The average molecular weight is 651 g/mol. The van der Waals surface area contributed by atoms with Crippen LogP contribution in [-0.4, -0.2) is 56.8 Å². The first kappa shape index (κ1) is 42.0. The number of aryl methyl sites for hydroxylation is 1. The van der Waals surface area contributed by atoms with Crippen LogP contribution < -0.4 is 4.74 Å². The molecule has 3 atom stereocenters. The van der Waals surface area contributed by atoms with Crippen molar-refractivity contribution in [2.75, 3.05) is 27.4 Å². The van der Waals surface area contributed by atoms with Crippen molar-refractivity contribution in [3.63, 3.8) is 0 Å². The Hall–Kier alpha value is -3.06. The van der Waals surface area contributed by atoms with Gasteiger partial charge in [-0.1, -0.05) is 115 Å². The molecule has 0 aliphatic heterocycles. The normalized spacial score (nSPS) is 13.4. The molecule has 0 fully saturated rings. The van der Waals surface area contributed by atoms with Crippen LogP contribution in [0.4, 0.5) is 0 Å². The summed E-state index contributed by atoms with van der Waals surface area (Å²) in [5.41, 5.74) is 3.90. The smallest absolute Gasteiger partial charge is 0.155 e. The SMILES string of the molecule is C=CC(=O)CCC(COc1ccc(C(CCCCC)(CCCCCCC)c2ccc(CCC(O)COC)cc2)cc1)OC.C=CC=O. The molecule has 2 aromatic rings. The number of hydrogen-bond donors (Lipinski definition) is 1. The number of allylic oxidation sites excluding steroid dienone is 2. The zero-order valence-electron chi connectivity index (χ0n) is 29.7. The first-order valence-electron chi connectivity index (χ1n) is 17.6. The van der Waals surface area contributed by atoms with Gasteiger partial charge in [-0.15, -0.1) is 0 Å². The zero-order valence-corrected chi connectivity index (χ0v) is 29.7. The van der Waals surface area contributed by atoms with Crippen LogP contribution in [0.25, 0.3) is 0 Å². The lowest BCUT2D eigenvalue weighted by Gasteiger charge is -2.36. The minimum atomic E-state index is -0.435. The van der Waals surface area contributed by atoms with Gasteiger partial charge in [0.05, 0.1) is 18.8 Å². The number of carbonyl (C=O) groups excluding carboxylic acids is 2. The third-order valence-corrected chi connectivity index (χ3v) is 8.76. The van der Waals surface area contributed by atoms with Crippen molar-refractivity contribution in [1.29, 1.82) is 0 Å². The molecule has 0 heterocycles. The number of ketones is 1. The highest BCUT2D eigenvalue weighted by molar-refractivity contribution is 5.88. The molecule has 0 spiro atoms. The van der Waals surface area contributed by atoms with Crippen molar-refractivity contribution in [3.05, 3.63) is 90.5 Å². The molecule has 0 amide bonds. The molecule has 1 N–H and O–H groups in total. The van der Waals surface area contributed by atoms with Gasteiger partial charge in [0.2, 0.25) is 0 Å². The summed E-state index contributed by atoms with van der Waals surface area (Å²) in [6, 6.07) is 17.8. The molecule has 6 nitrogen and oxygen atoms in total. The van der Waals surface area contributed by atoms with Gasteiger partial charge in [-0.05, 0) is 73.1 Å². The predicted molar refractivity (Wildman–Crippen MR) is 194 cm³/mol. The lowest BCUT2D eigenvalue weighted by molar-refractivity contribution is -0.115. The average Bonchev–Trinajstić information content (AvgIpc) is 3.10. The molecular formula is C41H62O6. The molecule has 6 heteroatoms. The summed E-state index contributed by atoms with van der Waals surface area (Å²) in [7, 11) is 3.29. The molecule has 0 bridgehead atoms. The summed E-state index contributed by atoms with van der Waals surface area (Å²) in [6.07, 6.45) is 17.3. The topological polar surface area (TPSA) is 82.1 Å². The number of rotatable bonds is 26. The van der Waals surface area contributed by atoms with E-state index in [1.54, 1.807) is 14.2 Å². The van der Waals surface area contributed by atoms with Crippen LogP contribution >= 0.6 is 0 Å². The first-order chi connectivity index (χ1) is 22.8. The number of benzene rings is 2. The van der Waals surface area contributed by atoms with Gasteiger partial charge in [-0.2, -0.15) is 0 Å². The Morgan fingerprint density at radius 1 is 0.830 bits per heavy atom. The van der Waals surface area contributed by atoms with E-state index in [1.807, 2.05) is 0 Å². The second kappa shape index (κ2) is 26.0. The van der Waals surface area contributed by atoms with E-state index in [4.69, 9.17) is 19.0 Å². The van der Waals surface area contributed by atoms with Crippen molar-refractivity contribution < 1.29 is 28.9 Å². The van der Waals surface area contributed by atoms with Crippen LogP contribution in [-0.2, 0) is 30.9 Å².